The Kier molecular flexibility index (Phi) is 4.81. The molecule has 20 heavy (non-hydrogen) atoms. The Morgan fingerprint density at radius 3 is 2.45 bits per heavy atom. The van der Waals surface area contributed by atoms with E-state index < -0.39 is 5.41 Å². The molecule has 2 rings (SSSR count). The lowest BCUT2D eigenvalue weighted by Crippen LogP contribution is -2.51. The molecule has 1 aliphatic rings. The first-order chi connectivity index (χ1) is 9.57. The molecule has 0 aliphatic heterocycles. The van der Waals surface area contributed by atoms with E-state index in [0.29, 0.717) is 19.0 Å². The quantitative estimate of drug-likeness (QED) is 0.867. The minimum Gasteiger partial charge on any atom is -0.396 e. The standard InChI is InChI=1S/C17H25NO2/c1-17(2,14-8-4-3-5-9-14)16(20)18(12-7-13-19)15-10-6-11-15/h3-5,8-9,15,19H,6-7,10-13H2,1-2H3. The van der Waals surface area contributed by atoms with E-state index in [4.69, 9.17) is 5.11 Å². The predicted molar refractivity (Wildman–Crippen MR) is 80.5 cm³/mol. The van der Waals surface area contributed by atoms with Gasteiger partial charge in [0.1, 0.15) is 0 Å². The highest BCUT2D eigenvalue weighted by atomic mass is 16.3. The lowest BCUT2D eigenvalue weighted by Gasteiger charge is -2.41. The highest BCUT2D eigenvalue weighted by Crippen LogP contribution is 2.31. The Morgan fingerprint density at radius 1 is 1.30 bits per heavy atom. The minimum absolute atomic E-state index is 0.141. The van der Waals surface area contributed by atoms with Crippen LogP contribution in [0.25, 0.3) is 0 Å². The number of hydrogen-bond donors (Lipinski definition) is 1. The van der Waals surface area contributed by atoms with Crippen LogP contribution in [0.4, 0.5) is 0 Å². The van der Waals surface area contributed by atoms with Gasteiger partial charge in [-0.1, -0.05) is 30.3 Å². The van der Waals surface area contributed by atoms with Crippen LogP contribution < -0.4 is 0 Å². The normalized spacial score (nSPS) is 15.8. The average molecular weight is 275 g/mol. The number of benzene rings is 1. The van der Waals surface area contributed by atoms with Crippen molar-refractivity contribution in [2.75, 3.05) is 13.2 Å². The highest BCUT2D eigenvalue weighted by molar-refractivity contribution is 5.87. The first kappa shape index (κ1) is 15.0. The van der Waals surface area contributed by atoms with Crippen molar-refractivity contribution >= 4 is 5.91 Å². The fraction of sp³-hybridized carbons (Fsp3) is 0.588. The van der Waals surface area contributed by atoms with Gasteiger partial charge >= 0.3 is 0 Å². The fourth-order valence-corrected chi connectivity index (χ4v) is 2.73. The average Bonchev–Trinajstić information content (AvgIpc) is 2.41. The minimum atomic E-state index is -0.508. The van der Waals surface area contributed by atoms with Gasteiger partial charge in [-0.25, -0.2) is 0 Å². The lowest BCUT2D eigenvalue weighted by molar-refractivity contribution is -0.140. The summed E-state index contributed by atoms with van der Waals surface area (Å²) in [6.07, 6.45) is 4.07. The summed E-state index contributed by atoms with van der Waals surface area (Å²) in [5.41, 5.74) is 0.546. The van der Waals surface area contributed by atoms with Crippen molar-refractivity contribution in [2.45, 2.75) is 51.0 Å². The smallest absolute Gasteiger partial charge is 0.232 e. The number of hydrogen-bond acceptors (Lipinski definition) is 2. The number of carbonyl (C=O) groups is 1. The SMILES string of the molecule is CC(C)(C(=O)N(CCCO)C1CCC1)c1ccccc1. The van der Waals surface area contributed by atoms with Gasteiger partial charge < -0.3 is 10.0 Å². The molecule has 1 amide bonds. The van der Waals surface area contributed by atoms with E-state index >= 15 is 0 Å². The molecule has 0 atom stereocenters. The first-order valence-electron chi connectivity index (χ1n) is 7.55. The molecule has 1 N–H and O–H groups in total. The van der Waals surface area contributed by atoms with E-state index in [-0.39, 0.29) is 12.5 Å². The van der Waals surface area contributed by atoms with E-state index in [9.17, 15) is 4.79 Å². The van der Waals surface area contributed by atoms with Crippen LogP contribution in [0.15, 0.2) is 30.3 Å². The Bertz CT molecular complexity index is 438. The zero-order valence-electron chi connectivity index (χ0n) is 12.5. The van der Waals surface area contributed by atoms with Crippen molar-refractivity contribution in [1.82, 2.24) is 4.90 Å². The molecule has 0 radical (unpaired) electrons. The maximum absolute atomic E-state index is 12.9. The maximum atomic E-state index is 12.9. The van der Waals surface area contributed by atoms with Gasteiger partial charge in [-0.15, -0.1) is 0 Å². The second kappa shape index (κ2) is 6.40. The number of aliphatic hydroxyl groups excluding tert-OH is 1. The van der Waals surface area contributed by atoms with Gasteiger partial charge in [0, 0.05) is 19.2 Å². The van der Waals surface area contributed by atoms with Crippen molar-refractivity contribution in [3.8, 4) is 0 Å². The van der Waals surface area contributed by atoms with Crippen LogP contribution >= 0.6 is 0 Å². The zero-order chi connectivity index (χ0) is 14.6. The topological polar surface area (TPSA) is 40.5 Å². The van der Waals surface area contributed by atoms with E-state index in [1.54, 1.807) is 0 Å². The van der Waals surface area contributed by atoms with E-state index in [1.807, 2.05) is 49.1 Å². The van der Waals surface area contributed by atoms with Gasteiger partial charge in [0.2, 0.25) is 5.91 Å². The largest absolute Gasteiger partial charge is 0.396 e. The van der Waals surface area contributed by atoms with Crippen molar-refractivity contribution in [1.29, 1.82) is 0 Å². The molecule has 110 valence electrons. The van der Waals surface area contributed by atoms with Crippen LogP contribution in [0.1, 0.15) is 45.1 Å². The molecule has 1 aromatic rings. The Labute approximate surface area is 121 Å². The first-order valence-corrected chi connectivity index (χ1v) is 7.55. The van der Waals surface area contributed by atoms with Crippen LogP contribution in [0, 0.1) is 0 Å². The lowest BCUT2D eigenvalue weighted by atomic mass is 9.81. The van der Waals surface area contributed by atoms with Crippen LogP contribution in [0.2, 0.25) is 0 Å². The molecular formula is C17H25NO2. The predicted octanol–water partition coefficient (Wildman–Crippen LogP) is 2.73. The number of aliphatic hydroxyl groups is 1. The molecule has 0 bridgehead atoms. The van der Waals surface area contributed by atoms with Crippen molar-refractivity contribution in [2.24, 2.45) is 0 Å². The molecule has 3 nitrogen and oxygen atoms in total. The molecule has 0 heterocycles. The van der Waals surface area contributed by atoms with Gasteiger partial charge in [0.05, 0.1) is 5.41 Å². The van der Waals surface area contributed by atoms with E-state index in [2.05, 4.69) is 0 Å². The molecule has 3 heteroatoms. The number of nitrogens with zero attached hydrogens (tertiary/aromatic N) is 1. The summed E-state index contributed by atoms with van der Waals surface area (Å²) in [5, 5.41) is 9.05. The van der Waals surface area contributed by atoms with Crippen molar-refractivity contribution in [3.05, 3.63) is 35.9 Å². The van der Waals surface area contributed by atoms with Crippen molar-refractivity contribution < 1.29 is 9.90 Å². The molecular weight excluding hydrogens is 250 g/mol. The maximum Gasteiger partial charge on any atom is 0.232 e. The summed E-state index contributed by atoms with van der Waals surface area (Å²) in [7, 11) is 0. The molecule has 1 fully saturated rings. The molecule has 0 saturated heterocycles. The van der Waals surface area contributed by atoms with Crippen molar-refractivity contribution in [3.63, 3.8) is 0 Å². The van der Waals surface area contributed by atoms with E-state index in [0.717, 1.165) is 18.4 Å². The Morgan fingerprint density at radius 2 is 1.95 bits per heavy atom. The van der Waals surface area contributed by atoms with E-state index in [1.165, 1.54) is 6.42 Å². The molecule has 1 aliphatic carbocycles. The summed E-state index contributed by atoms with van der Waals surface area (Å²) in [6.45, 7) is 4.79. The fourth-order valence-electron chi connectivity index (χ4n) is 2.73. The number of rotatable bonds is 6. The summed E-state index contributed by atoms with van der Waals surface area (Å²) in [5.74, 6) is 0.182. The second-order valence-corrected chi connectivity index (χ2v) is 6.15. The Hall–Kier alpha value is -1.35. The summed E-state index contributed by atoms with van der Waals surface area (Å²) in [6, 6.07) is 10.3. The van der Waals surface area contributed by atoms with Crippen LogP contribution in [0.3, 0.4) is 0 Å². The number of amides is 1. The summed E-state index contributed by atoms with van der Waals surface area (Å²) < 4.78 is 0. The second-order valence-electron chi connectivity index (χ2n) is 6.15. The van der Waals surface area contributed by atoms with Crippen LogP contribution in [0.5, 0.6) is 0 Å². The zero-order valence-corrected chi connectivity index (χ0v) is 12.5. The van der Waals surface area contributed by atoms with Gasteiger partial charge in [0.25, 0.3) is 0 Å². The van der Waals surface area contributed by atoms with Gasteiger partial charge in [0.15, 0.2) is 0 Å². The summed E-state index contributed by atoms with van der Waals surface area (Å²) in [4.78, 5) is 14.9. The third-order valence-electron chi connectivity index (χ3n) is 4.36. The monoisotopic (exact) mass is 275 g/mol. The Balaban J connectivity index is 2.17. The molecule has 0 spiro atoms. The third kappa shape index (κ3) is 3.04. The molecule has 0 unspecified atom stereocenters. The molecule has 1 saturated carbocycles. The number of carbonyl (C=O) groups excluding carboxylic acids is 1. The molecule has 0 aromatic heterocycles. The third-order valence-corrected chi connectivity index (χ3v) is 4.36. The summed E-state index contributed by atoms with van der Waals surface area (Å²) >= 11 is 0. The highest BCUT2D eigenvalue weighted by Gasteiger charge is 2.38. The van der Waals surface area contributed by atoms with Crippen LogP contribution in [-0.4, -0.2) is 35.1 Å². The molecule has 1 aromatic carbocycles. The van der Waals surface area contributed by atoms with Gasteiger partial charge in [-0.3, -0.25) is 4.79 Å². The van der Waals surface area contributed by atoms with Gasteiger partial charge in [-0.05, 0) is 45.1 Å². The van der Waals surface area contributed by atoms with Crippen LogP contribution in [-0.2, 0) is 10.2 Å². The van der Waals surface area contributed by atoms with Gasteiger partial charge in [-0.2, -0.15) is 0 Å².